The normalized spacial score (nSPS) is 22.9. The first kappa shape index (κ1) is 9.82. The fourth-order valence-corrected chi connectivity index (χ4v) is 2.32. The molecule has 2 aliphatic rings. The Morgan fingerprint density at radius 2 is 1.94 bits per heavy atom. The van der Waals surface area contributed by atoms with E-state index in [1.165, 1.54) is 11.3 Å². The smallest absolute Gasteiger partial charge is 0.163 e. The summed E-state index contributed by atoms with van der Waals surface area (Å²) in [5, 5.41) is 3.45. The third kappa shape index (κ3) is 1.70. The highest BCUT2D eigenvalue weighted by molar-refractivity contribution is 5.62. The molecule has 0 aliphatic carbocycles. The zero-order valence-electron chi connectivity index (χ0n) is 9.58. The zero-order chi connectivity index (χ0) is 11.0. The summed E-state index contributed by atoms with van der Waals surface area (Å²) in [6.45, 7) is 4.82. The minimum atomic E-state index is 0.692. The van der Waals surface area contributed by atoms with Gasteiger partial charge in [0.25, 0.3) is 0 Å². The summed E-state index contributed by atoms with van der Waals surface area (Å²) in [4.78, 5) is 0. The molecule has 0 aromatic heterocycles. The minimum absolute atomic E-state index is 0.692. The van der Waals surface area contributed by atoms with Crippen molar-refractivity contribution in [3.8, 4) is 11.5 Å². The van der Waals surface area contributed by atoms with Gasteiger partial charge in [0, 0.05) is 24.7 Å². The van der Waals surface area contributed by atoms with Gasteiger partial charge in [-0.2, -0.15) is 0 Å². The number of anilines is 1. The molecule has 0 radical (unpaired) electrons. The fraction of sp³-hybridized carbons (Fsp3) is 0.538. The van der Waals surface area contributed by atoms with Crippen molar-refractivity contribution in [1.82, 2.24) is 0 Å². The van der Waals surface area contributed by atoms with Gasteiger partial charge in [0.15, 0.2) is 11.5 Å². The van der Waals surface area contributed by atoms with E-state index >= 15 is 0 Å². The average Bonchev–Trinajstić information content (AvgIpc) is 2.50. The van der Waals surface area contributed by atoms with Gasteiger partial charge in [-0.3, -0.25) is 0 Å². The van der Waals surface area contributed by atoms with Crippen LogP contribution in [-0.2, 0) is 6.42 Å². The Kier molecular flexibility index (Phi) is 2.39. The van der Waals surface area contributed by atoms with E-state index in [0.29, 0.717) is 5.92 Å². The van der Waals surface area contributed by atoms with Crippen molar-refractivity contribution in [2.75, 3.05) is 25.1 Å². The number of nitrogens with one attached hydrogen (secondary N) is 1. The largest absolute Gasteiger partial charge is 0.490 e. The highest BCUT2D eigenvalue weighted by atomic mass is 16.5. The molecule has 1 unspecified atom stereocenters. The van der Waals surface area contributed by atoms with Crippen LogP contribution in [0.5, 0.6) is 11.5 Å². The first-order valence-corrected chi connectivity index (χ1v) is 5.99. The number of rotatable bonds is 0. The Hall–Kier alpha value is -1.38. The predicted molar refractivity (Wildman–Crippen MR) is 63.4 cm³/mol. The van der Waals surface area contributed by atoms with Gasteiger partial charge in [0.05, 0.1) is 13.2 Å². The highest BCUT2D eigenvalue weighted by Gasteiger charge is 2.19. The van der Waals surface area contributed by atoms with E-state index in [-0.39, 0.29) is 0 Å². The van der Waals surface area contributed by atoms with E-state index < -0.39 is 0 Å². The van der Waals surface area contributed by atoms with Crippen LogP contribution in [0.3, 0.4) is 0 Å². The van der Waals surface area contributed by atoms with E-state index in [1.54, 1.807) is 0 Å². The van der Waals surface area contributed by atoms with Gasteiger partial charge in [-0.25, -0.2) is 0 Å². The van der Waals surface area contributed by atoms with Crippen molar-refractivity contribution in [3.63, 3.8) is 0 Å². The summed E-state index contributed by atoms with van der Waals surface area (Å²) in [7, 11) is 0. The van der Waals surface area contributed by atoms with Crippen LogP contribution in [0.25, 0.3) is 0 Å². The molecule has 0 fully saturated rings. The van der Waals surface area contributed by atoms with E-state index in [1.807, 2.05) is 0 Å². The minimum Gasteiger partial charge on any atom is -0.490 e. The predicted octanol–water partition coefficient (Wildman–Crippen LogP) is 2.45. The summed E-state index contributed by atoms with van der Waals surface area (Å²) in [6, 6.07) is 4.22. The lowest BCUT2D eigenvalue weighted by Gasteiger charge is -2.24. The van der Waals surface area contributed by atoms with Crippen LogP contribution in [0.2, 0.25) is 0 Å². The molecule has 3 nitrogen and oxygen atoms in total. The second-order valence-electron chi connectivity index (χ2n) is 4.70. The highest BCUT2D eigenvalue weighted by Crippen LogP contribution is 2.37. The Morgan fingerprint density at radius 1 is 1.19 bits per heavy atom. The molecule has 0 saturated heterocycles. The summed E-state index contributed by atoms with van der Waals surface area (Å²) >= 11 is 0. The maximum atomic E-state index is 5.70. The topological polar surface area (TPSA) is 30.5 Å². The van der Waals surface area contributed by atoms with Gasteiger partial charge in [-0.05, 0) is 24.0 Å². The molecule has 86 valence electrons. The number of benzene rings is 1. The Labute approximate surface area is 95.8 Å². The SMILES string of the molecule is CC1CNc2cc3c(cc2C1)OCCCO3. The van der Waals surface area contributed by atoms with Crippen LogP contribution in [0.4, 0.5) is 5.69 Å². The molecule has 0 amide bonds. The van der Waals surface area contributed by atoms with E-state index in [9.17, 15) is 0 Å². The second-order valence-corrected chi connectivity index (χ2v) is 4.70. The second kappa shape index (κ2) is 3.89. The van der Waals surface area contributed by atoms with Gasteiger partial charge < -0.3 is 14.8 Å². The van der Waals surface area contributed by atoms with Crippen LogP contribution < -0.4 is 14.8 Å². The van der Waals surface area contributed by atoms with Crippen molar-refractivity contribution in [1.29, 1.82) is 0 Å². The summed E-state index contributed by atoms with van der Waals surface area (Å²) in [5.74, 6) is 2.49. The molecule has 3 heteroatoms. The van der Waals surface area contributed by atoms with Crippen LogP contribution >= 0.6 is 0 Å². The third-order valence-electron chi connectivity index (χ3n) is 3.18. The quantitative estimate of drug-likeness (QED) is 0.727. The molecule has 0 spiro atoms. The molecule has 2 aliphatic heterocycles. The Balaban J connectivity index is 1.99. The molecule has 1 atom stereocenters. The number of hydrogen-bond acceptors (Lipinski definition) is 3. The maximum absolute atomic E-state index is 5.70. The van der Waals surface area contributed by atoms with Crippen LogP contribution in [-0.4, -0.2) is 19.8 Å². The van der Waals surface area contributed by atoms with Gasteiger partial charge in [-0.15, -0.1) is 0 Å². The zero-order valence-corrected chi connectivity index (χ0v) is 9.58. The molecular formula is C13H17NO2. The Morgan fingerprint density at radius 3 is 2.75 bits per heavy atom. The van der Waals surface area contributed by atoms with Crippen molar-refractivity contribution in [2.24, 2.45) is 5.92 Å². The summed E-state index contributed by atoms with van der Waals surface area (Å²) < 4.78 is 11.4. The lowest BCUT2D eigenvalue weighted by Crippen LogP contribution is -2.20. The molecule has 3 rings (SSSR count). The standard InChI is InChI=1S/C13H17NO2/c1-9-5-10-6-12-13(7-11(10)14-8-9)16-4-2-3-15-12/h6-7,9,14H,2-5,8H2,1H3. The van der Waals surface area contributed by atoms with Crippen LogP contribution in [0.15, 0.2) is 12.1 Å². The summed E-state index contributed by atoms with van der Waals surface area (Å²) in [5.41, 5.74) is 2.56. The van der Waals surface area contributed by atoms with Crippen LogP contribution in [0.1, 0.15) is 18.9 Å². The van der Waals surface area contributed by atoms with Crippen LogP contribution in [0, 0.1) is 5.92 Å². The monoisotopic (exact) mass is 219 g/mol. The first-order valence-electron chi connectivity index (χ1n) is 5.99. The molecule has 1 aromatic carbocycles. The van der Waals surface area contributed by atoms with E-state index in [4.69, 9.17) is 9.47 Å². The van der Waals surface area contributed by atoms with Crippen molar-refractivity contribution in [2.45, 2.75) is 19.8 Å². The van der Waals surface area contributed by atoms with Gasteiger partial charge in [0.1, 0.15) is 0 Å². The third-order valence-corrected chi connectivity index (χ3v) is 3.18. The first-order chi connectivity index (χ1) is 7.83. The number of fused-ring (bicyclic) bond motifs is 2. The Bertz CT molecular complexity index is 402. The fourth-order valence-electron chi connectivity index (χ4n) is 2.32. The number of ether oxygens (including phenoxy) is 2. The molecule has 0 bridgehead atoms. The molecule has 1 N–H and O–H groups in total. The molecule has 16 heavy (non-hydrogen) atoms. The lowest BCUT2D eigenvalue weighted by atomic mass is 9.95. The maximum Gasteiger partial charge on any atom is 0.163 e. The van der Waals surface area contributed by atoms with Gasteiger partial charge >= 0.3 is 0 Å². The van der Waals surface area contributed by atoms with Crippen molar-refractivity contribution >= 4 is 5.69 Å². The number of hydrogen-bond donors (Lipinski definition) is 1. The van der Waals surface area contributed by atoms with Crippen molar-refractivity contribution in [3.05, 3.63) is 17.7 Å². The van der Waals surface area contributed by atoms with E-state index in [0.717, 1.165) is 44.1 Å². The van der Waals surface area contributed by atoms with Gasteiger partial charge in [-0.1, -0.05) is 6.92 Å². The van der Waals surface area contributed by atoms with Crippen molar-refractivity contribution < 1.29 is 9.47 Å². The molecule has 0 saturated carbocycles. The average molecular weight is 219 g/mol. The lowest BCUT2D eigenvalue weighted by molar-refractivity contribution is 0.297. The van der Waals surface area contributed by atoms with Gasteiger partial charge in [0.2, 0.25) is 0 Å². The molecular weight excluding hydrogens is 202 g/mol. The summed E-state index contributed by atoms with van der Waals surface area (Å²) in [6.07, 6.45) is 2.09. The molecule has 2 heterocycles. The van der Waals surface area contributed by atoms with E-state index in [2.05, 4.69) is 24.4 Å². The molecule has 1 aromatic rings.